The van der Waals surface area contributed by atoms with Crippen molar-refractivity contribution in [3.63, 3.8) is 0 Å². The van der Waals surface area contributed by atoms with Crippen LogP contribution in [0, 0.1) is 0 Å². The Labute approximate surface area is 118 Å². The predicted octanol–water partition coefficient (Wildman–Crippen LogP) is 3.47. The molecule has 102 valence electrons. The molecule has 3 heteroatoms. The van der Waals surface area contributed by atoms with Gasteiger partial charge in [0, 0.05) is 11.1 Å². The zero-order valence-electron chi connectivity index (χ0n) is 11.2. The Morgan fingerprint density at radius 3 is 2.60 bits per heavy atom. The molecule has 3 nitrogen and oxygen atoms in total. The molecule has 0 aliphatic heterocycles. The number of allylic oxidation sites excluding steroid dienone is 1. The Balaban J connectivity index is 2.15. The lowest BCUT2D eigenvalue weighted by Gasteiger charge is -2.05. The molecule has 0 saturated carbocycles. The molecule has 0 amide bonds. The Hall–Kier alpha value is -2.55. The van der Waals surface area contributed by atoms with Crippen LogP contribution < -0.4 is 4.74 Å². The minimum Gasteiger partial charge on any atom is -0.508 e. The van der Waals surface area contributed by atoms with Gasteiger partial charge in [0.2, 0.25) is 0 Å². The second-order valence-electron chi connectivity index (χ2n) is 4.35. The third kappa shape index (κ3) is 3.26. The fourth-order valence-electron chi connectivity index (χ4n) is 1.94. The van der Waals surface area contributed by atoms with Gasteiger partial charge >= 0.3 is 0 Å². The molecule has 0 radical (unpaired) electrons. The molecular weight excluding hydrogens is 252 g/mol. The van der Waals surface area contributed by atoms with E-state index in [0.29, 0.717) is 17.7 Å². The SMILES string of the molecule is COc1ccc(O)c(CC=Cc2ccccc2C=O)c1. The highest BCUT2D eigenvalue weighted by molar-refractivity contribution is 5.81. The van der Waals surface area contributed by atoms with E-state index in [9.17, 15) is 9.90 Å². The summed E-state index contributed by atoms with van der Waals surface area (Å²) in [6.07, 6.45) is 5.19. The maximum absolute atomic E-state index is 10.9. The average Bonchev–Trinajstić information content (AvgIpc) is 2.49. The van der Waals surface area contributed by atoms with Crippen molar-refractivity contribution >= 4 is 12.4 Å². The minimum atomic E-state index is 0.235. The van der Waals surface area contributed by atoms with E-state index in [1.807, 2.05) is 30.4 Å². The van der Waals surface area contributed by atoms with E-state index in [2.05, 4.69) is 0 Å². The predicted molar refractivity (Wildman–Crippen MR) is 79.2 cm³/mol. The molecule has 2 aromatic carbocycles. The average molecular weight is 268 g/mol. The number of ether oxygens (including phenoxy) is 1. The van der Waals surface area contributed by atoms with Crippen molar-refractivity contribution in [2.24, 2.45) is 0 Å². The number of carbonyl (C=O) groups is 1. The van der Waals surface area contributed by atoms with Gasteiger partial charge in [-0.05, 0) is 30.2 Å². The second-order valence-corrected chi connectivity index (χ2v) is 4.35. The van der Waals surface area contributed by atoms with Gasteiger partial charge in [0.05, 0.1) is 7.11 Å². The summed E-state index contributed by atoms with van der Waals surface area (Å²) < 4.78 is 5.13. The lowest BCUT2D eigenvalue weighted by atomic mass is 10.1. The number of carbonyl (C=O) groups excluding carboxylic acids is 1. The zero-order chi connectivity index (χ0) is 14.4. The number of hydrogen-bond acceptors (Lipinski definition) is 3. The van der Waals surface area contributed by atoms with Gasteiger partial charge in [-0.1, -0.05) is 36.4 Å². The summed E-state index contributed by atoms with van der Waals surface area (Å²) in [7, 11) is 1.59. The summed E-state index contributed by atoms with van der Waals surface area (Å²) in [5, 5.41) is 9.78. The molecule has 2 rings (SSSR count). The van der Waals surface area contributed by atoms with E-state index < -0.39 is 0 Å². The molecule has 2 aromatic rings. The molecule has 0 saturated heterocycles. The van der Waals surface area contributed by atoms with Crippen molar-refractivity contribution in [3.05, 3.63) is 65.2 Å². The van der Waals surface area contributed by atoms with Gasteiger partial charge in [-0.25, -0.2) is 0 Å². The quantitative estimate of drug-likeness (QED) is 0.845. The summed E-state index contributed by atoms with van der Waals surface area (Å²) in [5.74, 6) is 0.943. The summed E-state index contributed by atoms with van der Waals surface area (Å²) in [5.41, 5.74) is 2.30. The third-order valence-corrected chi connectivity index (χ3v) is 3.04. The Bertz CT molecular complexity index is 630. The van der Waals surface area contributed by atoms with E-state index in [-0.39, 0.29) is 5.75 Å². The van der Waals surface area contributed by atoms with Gasteiger partial charge in [-0.2, -0.15) is 0 Å². The van der Waals surface area contributed by atoms with Crippen LogP contribution >= 0.6 is 0 Å². The number of phenols is 1. The van der Waals surface area contributed by atoms with Crippen molar-refractivity contribution in [1.82, 2.24) is 0 Å². The Morgan fingerprint density at radius 1 is 1.15 bits per heavy atom. The highest BCUT2D eigenvalue weighted by Crippen LogP contribution is 2.23. The molecule has 0 aromatic heterocycles. The van der Waals surface area contributed by atoms with E-state index >= 15 is 0 Å². The number of rotatable bonds is 5. The van der Waals surface area contributed by atoms with E-state index in [4.69, 9.17) is 4.74 Å². The highest BCUT2D eigenvalue weighted by atomic mass is 16.5. The van der Waals surface area contributed by atoms with Crippen LogP contribution in [0.3, 0.4) is 0 Å². The normalized spacial score (nSPS) is 10.7. The van der Waals surface area contributed by atoms with Crippen molar-refractivity contribution in [3.8, 4) is 11.5 Å². The van der Waals surface area contributed by atoms with Crippen LogP contribution in [0.2, 0.25) is 0 Å². The van der Waals surface area contributed by atoms with Crippen LogP contribution in [0.4, 0.5) is 0 Å². The van der Waals surface area contributed by atoms with Gasteiger partial charge < -0.3 is 9.84 Å². The number of benzene rings is 2. The lowest BCUT2D eigenvalue weighted by Crippen LogP contribution is -1.88. The molecule has 0 aliphatic carbocycles. The van der Waals surface area contributed by atoms with Gasteiger partial charge in [0.1, 0.15) is 11.5 Å². The molecule has 0 spiro atoms. The lowest BCUT2D eigenvalue weighted by molar-refractivity contribution is 0.112. The van der Waals surface area contributed by atoms with Crippen LogP contribution in [0.5, 0.6) is 11.5 Å². The standard InChI is InChI=1S/C17H16O3/c1-20-16-9-10-17(19)14(11-16)8-4-7-13-5-2-3-6-15(13)12-18/h2-7,9-12,19H,8H2,1H3. The number of aromatic hydroxyl groups is 1. The van der Waals surface area contributed by atoms with Gasteiger partial charge in [0.25, 0.3) is 0 Å². The van der Waals surface area contributed by atoms with Gasteiger partial charge in [-0.15, -0.1) is 0 Å². The van der Waals surface area contributed by atoms with Crippen molar-refractivity contribution < 1.29 is 14.6 Å². The summed E-state index contributed by atoms with van der Waals surface area (Å²) >= 11 is 0. The molecule has 0 aliphatic rings. The van der Waals surface area contributed by atoms with E-state index in [1.54, 1.807) is 31.4 Å². The fraction of sp³-hybridized carbons (Fsp3) is 0.118. The van der Waals surface area contributed by atoms with Crippen LogP contribution in [-0.2, 0) is 6.42 Å². The molecule has 20 heavy (non-hydrogen) atoms. The maximum Gasteiger partial charge on any atom is 0.150 e. The zero-order valence-corrected chi connectivity index (χ0v) is 11.2. The number of phenolic OH excluding ortho intramolecular Hbond substituents is 1. The first-order valence-electron chi connectivity index (χ1n) is 6.31. The molecule has 0 unspecified atom stereocenters. The molecule has 0 heterocycles. The molecule has 0 atom stereocenters. The van der Waals surface area contributed by atoms with Crippen LogP contribution in [0.1, 0.15) is 21.5 Å². The monoisotopic (exact) mass is 268 g/mol. The maximum atomic E-state index is 10.9. The van der Waals surface area contributed by atoms with E-state index in [0.717, 1.165) is 17.4 Å². The third-order valence-electron chi connectivity index (χ3n) is 3.04. The number of methoxy groups -OCH3 is 1. The first kappa shape index (κ1) is 13.9. The van der Waals surface area contributed by atoms with Crippen molar-refractivity contribution in [2.45, 2.75) is 6.42 Å². The van der Waals surface area contributed by atoms with Gasteiger partial charge in [0.15, 0.2) is 6.29 Å². The Morgan fingerprint density at radius 2 is 1.90 bits per heavy atom. The number of hydrogen-bond donors (Lipinski definition) is 1. The molecule has 0 bridgehead atoms. The van der Waals surface area contributed by atoms with Crippen LogP contribution in [0.25, 0.3) is 6.08 Å². The molecule has 0 fully saturated rings. The second kappa shape index (κ2) is 6.57. The van der Waals surface area contributed by atoms with Crippen molar-refractivity contribution in [2.75, 3.05) is 7.11 Å². The molecular formula is C17H16O3. The summed E-state index contributed by atoms with van der Waals surface area (Å²) in [4.78, 5) is 10.9. The fourth-order valence-corrected chi connectivity index (χ4v) is 1.94. The molecule has 1 N–H and O–H groups in total. The van der Waals surface area contributed by atoms with Gasteiger partial charge in [-0.3, -0.25) is 4.79 Å². The first-order chi connectivity index (χ1) is 9.74. The van der Waals surface area contributed by atoms with E-state index in [1.165, 1.54) is 0 Å². The Kier molecular flexibility index (Phi) is 4.56. The summed E-state index contributed by atoms with van der Waals surface area (Å²) in [6.45, 7) is 0. The topological polar surface area (TPSA) is 46.5 Å². The van der Waals surface area contributed by atoms with Crippen molar-refractivity contribution in [1.29, 1.82) is 0 Å². The first-order valence-corrected chi connectivity index (χ1v) is 6.31. The largest absolute Gasteiger partial charge is 0.508 e. The number of aldehydes is 1. The highest BCUT2D eigenvalue weighted by Gasteiger charge is 2.01. The smallest absolute Gasteiger partial charge is 0.150 e. The minimum absolute atomic E-state index is 0.235. The summed E-state index contributed by atoms with van der Waals surface area (Å²) in [6, 6.07) is 12.5. The van der Waals surface area contributed by atoms with Crippen LogP contribution in [0.15, 0.2) is 48.5 Å². The van der Waals surface area contributed by atoms with Crippen LogP contribution in [-0.4, -0.2) is 18.5 Å².